The van der Waals surface area contributed by atoms with Crippen LogP contribution in [0.3, 0.4) is 0 Å². The van der Waals surface area contributed by atoms with Gasteiger partial charge in [0.1, 0.15) is 24.9 Å². The number of aliphatic hydroxyl groups is 1. The normalized spacial score (nSPS) is 26.6. The zero-order valence-corrected chi connectivity index (χ0v) is 21.1. The predicted octanol–water partition coefficient (Wildman–Crippen LogP) is 3.62. The summed E-state index contributed by atoms with van der Waals surface area (Å²) in [5, 5.41) is 10.7. The van der Waals surface area contributed by atoms with Crippen molar-refractivity contribution in [3.05, 3.63) is 0 Å². The maximum atomic E-state index is 12.8. The zero-order valence-electron chi connectivity index (χ0n) is 21.1. The number of rotatable bonds is 11. The van der Waals surface area contributed by atoms with Crippen molar-refractivity contribution in [3.8, 4) is 0 Å². The van der Waals surface area contributed by atoms with Gasteiger partial charge >= 0.3 is 11.9 Å². The molecule has 1 heterocycles. The first-order valence-corrected chi connectivity index (χ1v) is 11.8. The number of unbranched alkanes of at least 4 members (excludes halogenated alkanes) is 2. The molecule has 0 amide bonds. The second kappa shape index (κ2) is 12.9. The minimum absolute atomic E-state index is 0.130. The van der Waals surface area contributed by atoms with Crippen molar-refractivity contribution in [3.63, 3.8) is 0 Å². The average molecular weight is 461 g/mol. The molecule has 188 valence electrons. The van der Waals surface area contributed by atoms with Crippen molar-refractivity contribution in [2.45, 2.75) is 112 Å². The highest BCUT2D eigenvalue weighted by atomic mass is 16.7. The molecule has 1 N–H and O–H groups in total. The average Bonchev–Trinajstić information content (AvgIpc) is 2.68. The van der Waals surface area contributed by atoms with Gasteiger partial charge in [0.15, 0.2) is 12.4 Å². The molecule has 5 atom stereocenters. The van der Waals surface area contributed by atoms with E-state index in [1.54, 1.807) is 41.5 Å². The number of ether oxygens (including phenoxy) is 5. The lowest BCUT2D eigenvalue weighted by Gasteiger charge is -2.44. The van der Waals surface area contributed by atoms with Gasteiger partial charge in [-0.15, -0.1) is 0 Å². The Labute approximate surface area is 193 Å². The van der Waals surface area contributed by atoms with Crippen molar-refractivity contribution in [1.82, 2.24) is 0 Å². The lowest BCUT2D eigenvalue weighted by atomic mass is 9.94. The van der Waals surface area contributed by atoms with E-state index >= 15 is 0 Å². The second-order valence-electron chi connectivity index (χ2n) is 10.4. The summed E-state index contributed by atoms with van der Waals surface area (Å²) in [6.07, 6.45) is -1.31. The molecule has 1 fully saturated rings. The number of carbonyl (C=O) groups is 2. The third-order valence-corrected chi connectivity index (χ3v) is 5.07. The summed E-state index contributed by atoms with van der Waals surface area (Å²) in [6, 6.07) is 0. The number of esters is 2. The Morgan fingerprint density at radius 2 is 1.31 bits per heavy atom. The summed E-state index contributed by atoms with van der Waals surface area (Å²) >= 11 is 0. The van der Waals surface area contributed by atoms with E-state index in [1.807, 2.05) is 13.8 Å². The van der Waals surface area contributed by atoms with Gasteiger partial charge in [0.2, 0.25) is 0 Å². The molecular formula is C24H44O8. The molecule has 0 bridgehead atoms. The van der Waals surface area contributed by atoms with Crippen LogP contribution in [-0.4, -0.2) is 67.6 Å². The fraction of sp³-hybridized carbons (Fsp3) is 0.917. The van der Waals surface area contributed by atoms with Gasteiger partial charge in [0.25, 0.3) is 0 Å². The fourth-order valence-corrected chi connectivity index (χ4v) is 2.94. The molecule has 1 aliphatic heterocycles. The Morgan fingerprint density at radius 3 is 1.78 bits per heavy atom. The van der Waals surface area contributed by atoms with E-state index in [2.05, 4.69) is 0 Å². The molecule has 1 aliphatic rings. The van der Waals surface area contributed by atoms with Crippen LogP contribution in [0, 0.1) is 10.8 Å². The molecular weight excluding hydrogens is 416 g/mol. The maximum Gasteiger partial charge on any atom is 0.311 e. The van der Waals surface area contributed by atoms with E-state index < -0.39 is 53.5 Å². The summed E-state index contributed by atoms with van der Waals surface area (Å²) in [7, 11) is 0. The van der Waals surface area contributed by atoms with Crippen LogP contribution >= 0.6 is 0 Å². The van der Waals surface area contributed by atoms with Crippen molar-refractivity contribution in [2.75, 3.05) is 19.8 Å². The third kappa shape index (κ3) is 8.96. The van der Waals surface area contributed by atoms with Crippen molar-refractivity contribution < 1.29 is 38.4 Å². The smallest absolute Gasteiger partial charge is 0.311 e. The molecule has 8 heteroatoms. The van der Waals surface area contributed by atoms with Gasteiger partial charge < -0.3 is 28.8 Å². The van der Waals surface area contributed by atoms with Crippen LogP contribution in [0.5, 0.6) is 0 Å². The molecule has 0 aliphatic carbocycles. The van der Waals surface area contributed by atoms with E-state index in [0.29, 0.717) is 13.2 Å². The molecule has 0 aromatic rings. The van der Waals surface area contributed by atoms with Crippen LogP contribution < -0.4 is 0 Å². The molecule has 0 radical (unpaired) electrons. The Kier molecular flexibility index (Phi) is 11.6. The van der Waals surface area contributed by atoms with Crippen LogP contribution in [0.1, 0.15) is 81.1 Å². The molecule has 1 rings (SSSR count). The topological polar surface area (TPSA) is 101 Å². The molecule has 1 saturated heterocycles. The standard InChI is InChI=1S/C24H44O8/c1-9-11-13-28-17-16(15-30-21(26)23(3,4)5)31-20(25)19(29-14-12-10-2)18(17)32-22(27)24(6,7)8/h16-20,25H,9-15H2,1-8H3. The van der Waals surface area contributed by atoms with E-state index in [4.69, 9.17) is 23.7 Å². The van der Waals surface area contributed by atoms with Gasteiger partial charge in [-0.3, -0.25) is 9.59 Å². The van der Waals surface area contributed by atoms with Crippen molar-refractivity contribution in [2.24, 2.45) is 10.8 Å². The highest BCUT2D eigenvalue weighted by molar-refractivity contribution is 5.76. The molecule has 0 aromatic heterocycles. The highest BCUT2D eigenvalue weighted by Crippen LogP contribution is 2.30. The van der Waals surface area contributed by atoms with E-state index in [0.717, 1.165) is 25.7 Å². The number of carbonyl (C=O) groups excluding carboxylic acids is 2. The van der Waals surface area contributed by atoms with E-state index in [1.165, 1.54) is 0 Å². The van der Waals surface area contributed by atoms with E-state index in [9.17, 15) is 14.7 Å². The van der Waals surface area contributed by atoms with Crippen LogP contribution in [-0.2, 0) is 33.3 Å². The van der Waals surface area contributed by atoms with Gasteiger partial charge in [-0.05, 0) is 54.4 Å². The second-order valence-corrected chi connectivity index (χ2v) is 10.4. The Hall–Kier alpha value is -1.22. The molecule has 8 nitrogen and oxygen atoms in total. The number of aliphatic hydroxyl groups excluding tert-OH is 1. The third-order valence-electron chi connectivity index (χ3n) is 5.07. The highest BCUT2D eigenvalue weighted by Gasteiger charge is 2.50. The van der Waals surface area contributed by atoms with E-state index in [-0.39, 0.29) is 6.61 Å². The Bertz CT molecular complexity index is 578. The van der Waals surface area contributed by atoms with Gasteiger partial charge in [0.05, 0.1) is 10.8 Å². The maximum absolute atomic E-state index is 12.8. The molecule has 0 saturated carbocycles. The Morgan fingerprint density at radius 1 is 0.812 bits per heavy atom. The first kappa shape index (κ1) is 28.8. The lowest BCUT2D eigenvalue weighted by molar-refractivity contribution is -0.307. The van der Waals surface area contributed by atoms with Gasteiger partial charge in [-0.25, -0.2) is 0 Å². The molecule has 5 unspecified atom stereocenters. The predicted molar refractivity (Wildman–Crippen MR) is 120 cm³/mol. The summed E-state index contributed by atoms with van der Waals surface area (Å²) in [5.74, 6) is -0.831. The molecule has 0 spiro atoms. The lowest BCUT2D eigenvalue weighted by Crippen LogP contribution is -2.62. The van der Waals surface area contributed by atoms with Gasteiger partial charge in [-0.1, -0.05) is 26.7 Å². The molecule has 32 heavy (non-hydrogen) atoms. The van der Waals surface area contributed by atoms with Gasteiger partial charge in [0, 0.05) is 13.2 Å². The zero-order chi connectivity index (χ0) is 24.5. The monoisotopic (exact) mass is 460 g/mol. The number of hydrogen-bond acceptors (Lipinski definition) is 8. The van der Waals surface area contributed by atoms with Crippen LogP contribution in [0.4, 0.5) is 0 Å². The Balaban J connectivity index is 3.16. The minimum Gasteiger partial charge on any atom is -0.462 e. The summed E-state index contributed by atoms with van der Waals surface area (Å²) < 4.78 is 29.0. The first-order valence-electron chi connectivity index (χ1n) is 11.8. The fourth-order valence-electron chi connectivity index (χ4n) is 2.94. The van der Waals surface area contributed by atoms with Gasteiger partial charge in [-0.2, -0.15) is 0 Å². The van der Waals surface area contributed by atoms with Crippen LogP contribution in [0.25, 0.3) is 0 Å². The van der Waals surface area contributed by atoms with Crippen molar-refractivity contribution in [1.29, 1.82) is 0 Å². The minimum atomic E-state index is -1.35. The SMILES string of the molecule is CCCCOC1C(O)OC(COC(=O)C(C)(C)C)C(OCCCC)C1OC(=O)C(C)(C)C. The number of hydrogen-bond donors (Lipinski definition) is 1. The first-order chi connectivity index (χ1) is 14.8. The summed E-state index contributed by atoms with van der Waals surface area (Å²) in [4.78, 5) is 25.0. The summed E-state index contributed by atoms with van der Waals surface area (Å²) in [5.41, 5.74) is -1.44. The quantitative estimate of drug-likeness (QED) is 0.369. The molecule has 0 aromatic carbocycles. The van der Waals surface area contributed by atoms with Crippen LogP contribution in [0.2, 0.25) is 0 Å². The van der Waals surface area contributed by atoms with Crippen LogP contribution in [0.15, 0.2) is 0 Å². The largest absolute Gasteiger partial charge is 0.462 e. The summed E-state index contributed by atoms with van der Waals surface area (Å²) in [6.45, 7) is 15.3. The van der Waals surface area contributed by atoms with Crippen molar-refractivity contribution >= 4 is 11.9 Å².